The third kappa shape index (κ3) is 2.17. The standard InChI is InChI=1S/C17H15N2O/c1-20-17-4-2-3-14-9-10-19(12-16(14)17)15-7-5-13(11-18)6-8-15/h2-8,12H,9-10H2,1H3/q+1. The summed E-state index contributed by atoms with van der Waals surface area (Å²) in [6.07, 6.45) is 3.11. The Kier molecular flexibility index (Phi) is 3.22. The molecule has 0 bridgehead atoms. The van der Waals surface area contributed by atoms with Crippen molar-refractivity contribution < 1.29 is 9.31 Å². The van der Waals surface area contributed by atoms with Crippen molar-refractivity contribution >= 4 is 11.9 Å². The van der Waals surface area contributed by atoms with Crippen LogP contribution in [0, 0.1) is 11.3 Å². The van der Waals surface area contributed by atoms with Crippen LogP contribution >= 0.6 is 0 Å². The lowest BCUT2D eigenvalue weighted by atomic mass is 10.0. The number of fused-ring (bicyclic) bond motifs is 1. The fraction of sp³-hybridized carbons (Fsp3) is 0.176. The number of hydrogen-bond donors (Lipinski definition) is 0. The molecule has 0 aliphatic carbocycles. The first-order chi connectivity index (χ1) is 9.81. The van der Waals surface area contributed by atoms with Crippen LogP contribution in [-0.2, 0) is 6.42 Å². The van der Waals surface area contributed by atoms with E-state index in [2.05, 4.69) is 22.9 Å². The van der Waals surface area contributed by atoms with E-state index in [9.17, 15) is 0 Å². The van der Waals surface area contributed by atoms with Gasteiger partial charge in [-0.2, -0.15) is 9.84 Å². The van der Waals surface area contributed by atoms with Gasteiger partial charge in [-0.15, -0.1) is 0 Å². The van der Waals surface area contributed by atoms with Crippen molar-refractivity contribution in [1.82, 2.24) is 0 Å². The minimum Gasteiger partial charge on any atom is -0.496 e. The summed E-state index contributed by atoms with van der Waals surface area (Å²) in [5, 5.41) is 8.85. The van der Waals surface area contributed by atoms with Crippen molar-refractivity contribution in [3.8, 4) is 11.8 Å². The first kappa shape index (κ1) is 12.4. The highest BCUT2D eigenvalue weighted by Gasteiger charge is 2.20. The molecule has 2 aromatic rings. The predicted molar refractivity (Wildman–Crippen MR) is 77.8 cm³/mol. The molecule has 0 amide bonds. The third-order valence-electron chi connectivity index (χ3n) is 3.61. The molecule has 3 heteroatoms. The molecule has 2 aromatic carbocycles. The van der Waals surface area contributed by atoms with Gasteiger partial charge in [0.2, 0.25) is 5.69 Å². The number of nitrogens with zero attached hydrogens (tertiary/aromatic N) is 2. The largest absolute Gasteiger partial charge is 0.496 e. The van der Waals surface area contributed by atoms with E-state index in [1.54, 1.807) is 7.11 Å². The van der Waals surface area contributed by atoms with Crippen LogP contribution < -0.4 is 4.74 Å². The Hall–Kier alpha value is -2.60. The third-order valence-corrected chi connectivity index (χ3v) is 3.61. The predicted octanol–water partition coefficient (Wildman–Crippen LogP) is 2.89. The van der Waals surface area contributed by atoms with Gasteiger partial charge in [-0.25, -0.2) is 0 Å². The Balaban J connectivity index is 2.03. The summed E-state index contributed by atoms with van der Waals surface area (Å²) in [4.78, 5) is 0. The van der Waals surface area contributed by atoms with Crippen LogP contribution in [-0.4, -0.2) is 24.4 Å². The average molecular weight is 263 g/mol. The van der Waals surface area contributed by atoms with Crippen LogP contribution in [0.25, 0.3) is 0 Å². The van der Waals surface area contributed by atoms with Gasteiger partial charge >= 0.3 is 0 Å². The summed E-state index contributed by atoms with van der Waals surface area (Å²) in [6, 6.07) is 16.0. The topological polar surface area (TPSA) is 36.0 Å². The average Bonchev–Trinajstić information content (AvgIpc) is 2.54. The zero-order valence-electron chi connectivity index (χ0n) is 11.3. The van der Waals surface area contributed by atoms with Crippen LogP contribution in [0.3, 0.4) is 0 Å². The summed E-state index contributed by atoms with van der Waals surface area (Å²) >= 11 is 0. The van der Waals surface area contributed by atoms with E-state index in [4.69, 9.17) is 10.00 Å². The van der Waals surface area contributed by atoms with Gasteiger partial charge in [-0.3, -0.25) is 0 Å². The van der Waals surface area contributed by atoms with Gasteiger partial charge in [-0.05, 0) is 23.8 Å². The molecule has 0 saturated carbocycles. The summed E-state index contributed by atoms with van der Waals surface area (Å²) in [5.41, 5.74) is 4.24. The van der Waals surface area contributed by atoms with Gasteiger partial charge in [0.1, 0.15) is 5.75 Å². The quantitative estimate of drug-likeness (QED) is 0.781. The Bertz CT molecular complexity index is 709. The minimum absolute atomic E-state index is 0.684. The smallest absolute Gasteiger partial charge is 0.205 e. The molecule has 0 saturated heterocycles. The van der Waals surface area contributed by atoms with Crippen LogP contribution in [0.5, 0.6) is 5.75 Å². The van der Waals surface area contributed by atoms with Crippen molar-refractivity contribution in [3.63, 3.8) is 0 Å². The monoisotopic (exact) mass is 263 g/mol. The van der Waals surface area contributed by atoms with E-state index < -0.39 is 0 Å². The summed E-state index contributed by atoms with van der Waals surface area (Å²) in [7, 11) is 1.70. The zero-order chi connectivity index (χ0) is 13.9. The van der Waals surface area contributed by atoms with E-state index in [0.717, 1.165) is 30.0 Å². The maximum Gasteiger partial charge on any atom is 0.205 e. The fourth-order valence-corrected chi connectivity index (χ4v) is 2.52. The Morgan fingerprint density at radius 1 is 1.15 bits per heavy atom. The van der Waals surface area contributed by atoms with Gasteiger partial charge in [0.05, 0.1) is 24.3 Å². The molecule has 0 unspecified atom stereocenters. The van der Waals surface area contributed by atoms with Crippen molar-refractivity contribution in [2.24, 2.45) is 0 Å². The first-order valence-corrected chi connectivity index (χ1v) is 6.59. The lowest BCUT2D eigenvalue weighted by Crippen LogP contribution is -2.19. The normalized spacial score (nSPS) is 13.1. The van der Waals surface area contributed by atoms with Crippen molar-refractivity contribution in [2.45, 2.75) is 6.42 Å². The maximum absolute atomic E-state index is 8.85. The summed E-state index contributed by atoms with van der Waals surface area (Å²) in [5.74, 6) is 0.904. The molecule has 3 nitrogen and oxygen atoms in total. The molecule has 0 atom stereocenters. The fourth-order valence-electron chi connectivity index (χ4n) is 2.52. The number of ether oxygens (including phenoxy) is 1. The second-order valence-corrected chi connectivity index (χ2v) is 4.76. The van der Waals surface area contributed by atoms with E-state index in [1.165, 1.54) is 5.56 Å². The van der Waals surface area contributed by atoms with Gasteiger partial charge in [0.25, 0.3) is 0 Å². The van der Waals surface area contributed by atoms with E-state index in [1.807, 2.05) is 36.4 Å². The molecule has 98 valence electrons. The van der Waals surface area contributed by atoms with E-state index >= 15 is 0 Å². The number of hydrogen-bond acceptors (Lipinski definition) is 2. The Morgan fingerprint density at radius 3 is 2.65 bits per heavy atom. The molecule has 0 fully saturated rings. The SMILES string of the molecule is COc1cccc2c1C=[N+](c1ccc(C#N)cc1)CC2. The molecule has 0 aromatic heterocycles. The van der Waals surface area contributed by atoms with Gasteiger partial charge in [0, 0.05) is 18.6 Å². The highest BCUT2D eigenvalue weighted by atomic mass is 16.5. The number of rotatable bonds is 2. The second-order valence-electron chi connectivity index (χ2n) is 4.76. The number of benzene rings is 2. The number of methoxy groups -OCH3 is 1. The van der Waals surface area contributed by atoms with Crippen LogP contribution in [0.2, 0.25) is 0 Å². The summed E-state index contributed by atoms with van der Waals surface area (Å²) in [6.45, 7) is 0.937. The molecule has 3 rings (SSSR count). The van der Waals surface area contributed by atoms with Crippen LogP contribution in [0.4, 0.5) is 5.69 Å². The molecule has 0 radical (unpaired) electrons. The first-order valence-electron chi connectivity index (χ1n) is 6.59. The van der Waals surface area contributed by atoms with Crippen LogP contribution in [0.15, 0.2) is 42.5 Å². The van der Waals surface area contributed by atoms with E-state index in [-0.39, 0.29) is 0 Å². The maximum atomic E-state index is 8.85. The number of nitriles is 1. The van der Waals surface area contributed by atoms with Crippen molar-refractivity contribution in [2.75, 3.05) is 13.7 Å². The van der Waals surface area contributed by atoms with Crippen LogP contribution in [0.1, 0.15) is 16.7 Å². The lowest BCUT2D eigenvalue weighted by molar-refractivity contribution is -0.436. The molecule has 1 aliphatic rings. The summed E-state index contributed by atoms with van der Waals surface area (Å²) < 4.78 is 7.63. The highest BCUT2D eigenvalue weighted by Crippen LogP contribution is 2.25. The van der Waals surface area contributed by atoms with Gasteiger partial charge in [0.15, 0.2) is 12.8 Å². The molecule has 0 N–H and O–H groups in total. The lowest BCUT2D eigenvalue weighted by Gasteiger charge is -2.14. The molecule has 1 aliphatic heterocycles. The van der Waals surface area contributed by atoms with Crippen molar-refractivity contribution in [3.05, 3.63) is 59.2 Å². The van der Waals surface area contributed by atoms with Gasteiger partial charge < -0.3 is 4.74 Å². The molecular weight excluding hydrogens is 248 g/mol. The molecule has 0 spiro atoms. The van der Waals surface area contributed by atoms with Crippen molar-refractivity contribution in [1.29, 1.82) is 5.26 Å². The highest BCUT2D eigenvalue weighted by molar-refractivity contribution is 5.83. The van der Waals surface area contributed by atoms with Gasteiger partial charge in [-0.1, -0.05) is 12.1 Å². The van der Waals surface area contributed by atoms with E-state index in [0.29, 0.717) is 5.56 Å². The Morgan fingerprint density at radius 2 is 1.95 bits per heavy atom. The minimum atomic E-state index is 0.684. The molecule has 20 heavy (non-hydrogen) atoms. The molecular formula is C17H15N2O+. The second kappa shape index (κ2) is 5.18. The Labute approximate surface area is 118 Å². The zero-order valence-corrected chi connectivity index (χ0v) is 11.3. The molecule has 1 heterocycles.